The highest BCUT2D eigenvalue weighted by atomic mass is 16.6. The van der Waals surface area contributed by atoms with Gasteiger partial charge in [-0.2, -0.15) is 0 Å². The molecule has 0 spiro atoms. The maximum absolute atomic E-state index is 12.9. The molecule has 0 aliphatic carbocycles. The van der Waals surface area contributed by atoms with Gasteiger partial charge in [0.15, 0.2) is 6.10 Å². The quantitative estimate of drug-likeness (QED) is 0.0261. The minimum absolute atomic E-state index is 0.111. The summed E-state index contributed by atoms with van der Waals surface area (Å²) in [4.78, 5) is 38.2. The van der Waals surface area contributed by atoms with Crippen LogP contribution in [0.4, 0.5) is 0 Å². The first-order chi connectivity index (χ1) is 38.0. The summed E-state index contributed by atoms with van der Waals surface area (Å²) >= 11 is 0. The van der Waals surface area contributed by atoms with E-state index in [9.17, 15) is 14.4 Å². The molecule has 0 N–H and O–H groups in total. The predicted octanol–water partition coefficient (Wildman–Crippen LogP) is 21.5. The van der Waals surface area contributed by atoms with Crippen molar-refractivity contribution in [2.45, 2.75) is 271 Å². The van der Waals surface area contributed by atoms with Crippen LogP contribution in [0.2, 0.25) is 0 Å². The molecule has 0 aromatic carbocycles. The summed E-state index contributed by atoms with van der Waals surface area (Å²) in [7, 11) is 0. The van der Waals surface area contributed by atoms with Crippen LogP contribution in [0.5, 0.6) is 0 Å². The molecule has 6 nitrogen and oxygen atoms in total. The third-order valence-corrected chi connectivity index (χ3v) is 12.8. The lowest BCUT2D eigenvalue weighted by Crippen LogP contribution is -2.30. The first-order valence-corrected chi connectivity index (χ1v) is 31.3. The SMILES string of the molecule is CC/C=C\C/C=C\C/C=C\C/C=C\C/C=C\C/C=C\C/C=C\CCCCCCCCCCCC(=O)OCC(COC(=O)CC/C=C\C/C=C\C/C=C\C/C=C\CC)OC(=O)CCCCCCC/C=C\CCCCCCCC. The van der Waals surface area contributed by atoms with E-state index >= 15 is 0 Å². The normalized spacial score (nSPS) is 13.1. The van der Waals surface area contributed by atoms with Gasteiger partial charge < -0.3 is 14.2 Å². The molecule has 0 fully saturated rings. The number of carbonyl (C=O) groups is 3. The summed E-state index contributed by atoms with van der Waals surface area (Å²) in [5, 5.41) is 0. The Bertz CT molecular complexity index is 1700. The zero-order valence-electron chi connectivity index (χ0n) is 49.7. The Morgan fingerprint density at radius 3 is 0.883 bits per heavy atom. The van der Waals surface area contributed by atoms with Gasteiger partial charge in [0.1, 0.15) is 13.2 Å². The third-order valence-electron chi connectivity index (χ3n) is 12.8. The van der Waals surface area contributed by atoms with Crippen LogP contribution < -0.4 is 0 Å². The fraction of sp³-hybridized carbons (Fsp3) is 0.620. The van der Waals surface area contributed by atoms with Gasteiger partial charge in [0.05, 0.1) is 0 Å². The van der Waals surface area contributed by atoms with Gasteiger partial charge in [0, 0.05) is 19.3 Å². The molecule has 0 heterocycles. The van der Waals surface area contributed by atoms with Crippen molar-refractivity contribution in [1.82, 2.24) is 0 Å². The maximum atomic E-state index is 12.9. The van der Waals surface area contributed by atoms with Crippen molar-refractivity contribution < 1.29 is 28.6 Å². The van der Waals surface area contributed by atoms with Gasteiger partial charge in [-0.1, -0.05) is 263 Å². The Morgan fingerprint density at radius 1 is 0.273 bits per heavy atom. The number of rotatable bonds is 55. The van der Waals surface area contributed by atoms with E-state index in [0.717, 1.165) is 128 Å². The molecule has 0 aliphatic heterocycles. The van der Waals surface area contributed by atoms with Crippen molar-refractivity contribution in [2.24, 2.45) is 0 Å². The maximum Gasteiger partial charge on any atom is 0.306 e. The second kappa shape index (κ2) is 63.8. The zero-order valence-corrected chi connectivity index (χ0v) is 49.7. The van der Waals surface area contributed by atoms with Crippen molar-refractivity contribution in [1.29, 1.82) is 0 Å². The van der Waals surface area contributed by atoms with Crippen LogP contribution in [0.25, 0.3) is 0 Å². The molecule has 0 amide bonds. The molecule has 0 aliphatic rings. The van der Waals surface area contributed by atoms with Gasteiger partial charge >= 0.3 is 17.9 Å². The molecule has 0 aromatic rings. The van der Waals surface area contributed by atoms with E-state index in [1.165, 1.54) is 89.9 Å². The second-order valence-electron chi connectivity index (χ2n) is 20.2. The lowest BCUT2D eigenvalue weighted by atomic mass is 10.1. The molecule has 0 rings (SSSR count). The molecular weight excluding hydrogens is 949 g/mol. The van der Waals surface area contributed by atoms with Crippen molar-refractivity contribution in [2.75, 3.05) is 13.2 Å². The minimum atomic E-state index is -0.819. The van der Waals surface area contributed by atoms with Crippen LogP contribution in [-0.2, 0) is 28.6 Å². The highest BCUT2D eigenvalue weighted by Crippen LogP contribution is 2.14. The van der Waals surface area contributed by atoms with Gasteiger partial charge in [-0.15, -0.1) is 0 Å². The lowest BCUT2D eigenvalue weighted by Gasteiger charge is -2.18. The summed E-state index contributed by atoms with van der Waals surface area (Å²) in [6.07, 6.45) is 91.6. The molecule has 0 bridgehead atoms. The van der Waals surface area contributed by atoms with E-state index in [2.05, 4.69) is 161 Å². The molecule has 77 heavy (non-hydrogen) atoms. The fourth-order valence-electron chi connectivity index (χ4n) is 8.20. The van der Waals surface area contributed by atoms with E-state index in [1.54, 1.807) is 0 Å². The number of allylic oxidation sites excluding steroid dienone is 24. The number of hydrogen-bond acceptors (Lipinski definition) is 6. The monoisotopic (exact) mass is 1060 g/mol. The van der Waals surface area contributed by atoms with Gasteiger partial charge in [0.2, 0.25) is 0 Å². The second-order valence-corrected chi connectivity index (χ2v) is 20.2. The molecule has 1 unspecified atom stereocenters. The third kappa shape index (κ3) is 62.0. The van der Waals surface area contributed by atoms with Crippen molar-refractivity contribution in [3.05, 3.63) is 146 Å². The largest absolute Gasteiger partial charge is 0.462 e. The fourth-order valence-corrected chi connectivity index (χ4v) is 8.20. The molecule has 6 heteroatoms. The predicted molar refractivity (Wildman–Crippen MR) is 334 cm³/mol. The molecule has 0 saturated carbocycles. The van der Waals surface area contributed by atoms with E-state index in [-0.39, 0.29) is 37.5 Å². The van der Waals surface area contributed by atoms with Crippen LogP contribution in [0, 0.1) is 0 Å². The average molecular weight is 1060 g/mol. The van der Waals surface area contributed by atoms with Gasteiger partial charge in [-0.05, 0) is 128 Å². The average Bonchev–Trinajstić information content (AvgIpc) is 3.43. The van der Waals surface area contributed by atoms with Crippen molar-refractivity contribution in [3.8, 4) is 0 Å². The van der Waals surface area contributed by atoms with Crippen molar-refractivity contribution >= 4 is 17.9 Å². The van der Waals surface area contributed by atoms with Gasteiger partial charge in [-0.25, -0.2) is 0 Å². The van der Waals surface area contributed by atoms with Crippen LogP contribution in [-0.4, -0.2) is 37.2 Å². The zero-order chi connectivity index (χ0) is 55.7. The van der Waals surface area contributed by atoms with Crippen LogP contribution in [0.15, 0.2) is 146 Å². The van der Waals surface area contributed by atoms with Crippen LogP contribution >= 0.6 is 0 Å². The molecule has 0 radical (unpaired) electrons. The number of ether oxygens (including phenoxy) is 3. The summed E-state index contributed by atoms with van der Waals surface area (Å²) in [5.74, 6) is -1.01. The Balaban J connectivity index is 4.33. The van der Waals surface area contributed by atoms with Gasteiger partial charge in [0.25, 0.3) is 0 Å². The topological polar surface area (TPSA) is 78.9 Å². The molecule has 434 valence electrons. The summed E-state index contributed by atoms with van der Waals surface area (Å²) < 4.78 is 16.8. The standard InChI is InChI=1S/C71H114O6/c1-4-7-10-13-16-19-22-25-27-28-29-30-31-32-33-34-35-36-37-38-39-40-41-42-44-46-49-52-55-58-61-64-70(73)76-67-68(66-75-69(72)63-60-57-54-51-48-45-24-21-18-15-12-9-6-3)77-71(74)65-62-59-56-53-50-47-43-26-23-20-17-14-11-8-5-2/h7,9-10,12,16,18-19,21,25-27,29-30,32-33,35-36,38-39,43,45,48,54,57,68H,4-6,8,11,13-15,17,20,22-24,28,31,34,37,40-42,44,46-47,49-53,55-56,58-67H2,1-3H3/b10-7-,12-9-,19-16-,21-18-,27-25-,30-29-,33-32-,36-35-,39-38-,43-26-,48-45-,57-54-. The first kappa shape index (κ1) is 72.3. The Labute approximate surface area is 474 Å². The molecule has 0 aromatic heterocycles. The summed E-state index contributed by atoms with van der Waals surface area (Å²) in [6.45, 7) is 6.32. The summed E-state index contributed by atoms with van der Waals surface area (Å²) in [5.41, 5.74) is 0. The van der Waals surface area contributed by atoms with Gasteiger partial charge in [-0.3, -0.25) is 14.4 Å². The van der Waals surface area contributed by atoms with Crippen molar-refractivity contribution in [3.63, 3.8) is 0 Å². The van der Waals surface area contributed by atoms with E-state index in [1.807, 2.05) is 6.08 Å². The Morgan fingerprint density at radius 2 is 0.532 bits per heavy atom. The number of unbranched alkanes of at least 4 members (excludes halogenated alkanes) is 20. The Hall–Kier alpha value is -4.71. The molecule has 0 saturated heterocycles. The number of carbonyl (C=O) groups excluding carboxylic acids is 3. The molecule has 1 atom stereocenters. The van der Waals surface area contributed by atoms with Crippen LogP contribution in [0.3, 0.4) is 0 Å². The lowest BCUT2D eigenvalue weighted by molar-refractivity contribution is -0.166. The van der Waals surface area contributed by atoms with Crippen LogP contribution in [0.1, 0.15) is 265 Å². The summed E-state index contributed by atoms with van der Waals surface area (Å²) in [6, 6.07) is 0. The number of hydrogen-bond donors (Lipinski definition) is 0. The highest BCUT2D eigenvalue weighted by Gasteiger charge is 2.19. The number of esters is 3. The van der Waals surface area contributed by atoms with E-state index in [4.69, 9.17) is 14.2 Å². The van der Waals surface area contributed by atoms with E-state index < -0.39 is 6.10 Å². The smallest absolute Gasteiger partial charge is 0.306 e. The van der Waals surface area contributed by atoms with E-state index in [0.29, 0.717) is 19.3 Å². The Kier molecular flexibility index (Phi) is 59.9. The molecular formula is C71H114O6. The minimum Gasteiger partial charge on any atom is -0.462 e. The highest BCUT2D eigenvalue weighted by molar-refractivity contribution is 5.71. The first-order valence-electron chi connectivity index (χ1n) is 31.3.